The van der Waals surface area contributed by atoms with E-state index in [-0.39, 0.29) is 24.6 Å². The fourth-order valence-corrected chi connectivity index (χ4v) is 2.96. The predicted octanol–water partition coefficient (Wildman–Crippen LogP) is 4.11. The van der Waals surface area contributed by atoms with Crippen molar-refractivity contribution in [2.24, 2.45) is 0 Å². The van der Waals surface area contributed by atoms with Gasteiger partial charge in [-0.05, 0) is 42.7 Å². The fourth-order valence-electron chi connectivity index (χ4n) is 2.96. The minimum atomic E-state index is -4.41. The maximum Gasteiger partial charge on any atom is 0.411 e. The second kappa shape index (κ2) is 12.7. The Morgan fingerprint density at radius 1 is 1.03 bits per heavy atom. The number of aryl methyl sites for hydroxylation is 1. The van der Waals surface area contributed by atoms with Crippen molar-refractivity contribution in [3.05, 3.63) is 65.2 Å². The van der Waals surface area contributed by atoms with Gasteiger partial charge in [0, 0.05) is 12.2 Å². The van der Waals surface area contributed by atoms with Gasteiger partial charge in [0.2, 0.25) is 5.91 Å². The molecule has 10 heteroatoms. The van der Waals surface area contributed by atoms with Gasteiger partial charge in [0.15, 0.2) is 6.61 Å². The standard InChI is InChI=1S/C24H27F3N2O5/c1-3-12-29(13-21(30)28-20-7-5-4-6-17(20)2)22(31)15-34-23(32)19-10-8-18(9-11-19)14-33-16-24(25,26)27/h4-11H,3,12-16H2,1-2H3,(H,28,30). The molecule has 0 unspecified atom stereocenters. The van der Waals surface area contributed by atoms with Crippen molar-refractivity contribution in [1.82, 2.24) is 4.90 Å². The van der Waals surface area contributed by atoms with Crippen LogP contribution in [0.1, 0.15) is 34.8 Å². The van der Waals surface area contributed by atoms with Gasteiger partial charge in [0.1, 0.15) is 6.61 Å². The molecule has 0 aromatic heterocycles. The molecule has 0 bridgehead atoms. The second-order valence-corrected chi connectivity index (χ2v) is 7.56. The number of anilines is 1. The Hall–Kier alpha value is -3.40. The van der Waals surface area contributed by atoms with Gasteiger partial charge in [-0.25, -0.2) is 4.79 Å². The van der Waals surface area contributed by atoms with Crippen molar-refractivity contribution in [2.75, 3.05) is 31.6 Å². The zero-order valence-electron chi connectivity index (χ0n) is 19.0. The van der Waals surface area contributed by atoms with E-state index in [1.54, 1.807) is 12.1 Å². The van der Waals surface area contributed by atoms with Crippen LogP contribution in [0, 0.1) is 6.92 Å². The zero-order valence-corrected chi connectivity index (χ0v) is 19.0. The summed E-state index contributed by atoms with van der Waals surface area (Å²) in [6, 6.07) is 12.9. The number of benzene rings is 2. The van der Waals surface area contributed by atoms with Crippen LogP contribution in [0.25, 0.3) is 0 Å². The lowest BCUT2D eigenvalue weighted by atomic mass is 10.1. The van der Waals surface area contributed by atoms with Gasteiger partial charge in [-0.1, -0.05) is 37.3 Å². The molecule has 0 atom stereocenters. The van der Waals surface area contributed by atoms with Gasteiger partial charge in [0.05, 0.1) is 18.7 Å². The molecule has 2 aromatic carbocycles. The Kier molecular flexibility index (Phi) is 10.1. The molecule has 7 nitrogen and oxygen atoms in total. The van der Waals surface area contributed by atoms with Crippen LogP contribution in [0.15, 0.2) is 48.5 Å². The monoisotopic (exact) mass is 480 g/mol. The van der Waals surface area contributed by atoms with Crippen molar-refractivity contribution in [2.45, 2.75) is 33.1 Å². The van der Waals surface area contributed by atoms with E-state index in [1.165, 1.54) is 29.2 Å². The van der Waals surface area contributed by atoms with E-state index in [9.17, 15) is 27.6 Å². The van der Waals surface area contributed by atoms with Crippen molar-refractivity contribution in [3.8, 4) is 0 Å². The SMILES string of the molecule is CCCN(CC(=O)Nc1ccccc1C)C(=O)COC(=O)c1ccc(COCC(F)(F)F)cc1. The molecule has 0 radical (unpaired) electrons. The number of carbonyl (C=O) groups excluding carboxylic acids is 3. The van der Waals surface area contributed by atoms with Crippen LogP contribution in [0.3, 0.4) is 0 Å². The van der Waals surface area contributed by atoms with Crippen molar-refractivity contribution >= 4 is 23.5 Å². The Labute approximate surface area is 195 Å². The molecule has 0 fully saturated rings. The van der Waals surface area contributed by atoms with Gasteiger partial charge < -0.3 is 19.7 Å². The number of ether oxygens (including phenoxy) is 2. The third kappa shape index (κ3) is 9.22. The topological polar surface area (TPSA) is 84.9 Å². The maximum atomic E-state index is 12.5. The summed E-state index contributed by atoms with van der Waals surface area (Å²) in [4.78, 5) is 38.5. The first-order valence-electron chi connectivity index (χ1n) is 10.6. The quantitative estimate of drug-likeness (QED) is 0.490. The number of amides is 2. The van der Waals surface area contributed by atoms with Gasteiger partial charge in [-0.15, -0.1) is 0 Å². The van der Waals surface area contributed by atoms with E-state index in [4.69, 9.17) is 4.74 Å². The summed E-state index contributed by atoms with van der Waals surface area (Å²) >= 11 is 0. The normalized spacial score (nSPS) is 11.1. The van der Waals surface area contributed by atoms with Gasteiger partial charge in [0.25, 0.3) is 5.91 Å². The third-order valence-electron chi connectivity index (χ3n) is 4.65. The van der Waals surface area contributed by atoms with Crippen LogP contribution in [0.5, 0.6) is 0 Å². The summed E-state index contributed by atoms with van der Waals surface area (Å²) in [5.74, 6) is -1.66. The first-order valence-corrected chi connectivity index (χ1v) is 10.6. The Morgan fingerprint density at radius 3 is 2.32 bits per heavy atom. The number of alkyl halides is 3. The molecule has 0 saturated carbocycles. The zero-order chi connectivity index (χ0) is 25.1. The summed E-state index contributed by atoms with van der Waals surface area (Å²) in [5, 5.41) is 2.76. The largest absolute Gasteiger partial charge is 0.452 e. The highest BCUT2D eigenvalue weighted by Crippen LogP contribution is 2.16. The number of esters is 1. The molecular weight excluding hydrogens is 453 g/mol. The number of hydrogen-bond donors (Lipinski definition) is 1. The number of nitrogens with zero attached hydrogens (tertiary/aromatic N) is 1. The molecule has 0 heterocycles. The number of para-hydroxylation sites is 1. The third-order valence-corrected chi connectivity index (χ3v) is 4.65. The smallest absolute Gasteiger partial charge is 0.411 e. The molecule has 184 valence electrons. The van der Waals surface area contributed by atoms with E-state index in [2.05, 4.69) is 10.1 Å². The summed E-state index contributed by atoms with van der Waals surface area (Å²) in [7, 11) is 0. The molecular formula is C24H27F3N2O5. The van der Waals surface area contributed by atoms with E-state index in [0.29, 0.717) is 24.2 Å². The average Bonchev–Trinajstić information content (AvgIpc) is 2.78. The van der Waals surface area contributed by atoms with Gasteiger partial charge >= 0.3 is 12.1 Å². The van der Waals surface area contributed by atoms with Crippen LogP contribution in [0.2, 0.25) is 0 Å². The second-order valence-electron chi connectivity index (χ2n) is 7.56. The average molecular weight is 480 g/mol. The minimum absolute atomic E-state index is 0.131. The molecule has 2 amide bonds. The highest BCUT2D eigenvalue weighted by molar-refractivity contribution is 5.96. The Balaban J connectivity index is 1.85. The Morgan fingerprint density at radius 2 is 1.71 bits per heavy atom. The summed E-state index contributed by atoms with van der Waals surface area (Å²) < 4.78 is 46.0. The maximum absolute atomic E-state index is 12.5. The first-order chi connectivity index (χ1) is 16.1. The van der Waals surface area contributed by atoms with E-state index < -0.39 is 31.3 Å². The lowest BCUT2D eigenvalue weighted by Gasteiger charge is -2.21. The van der Waals surface area contributed by atoms with Crippen LogP contribution in [-0.2, 0) is 25.7 Å². The van der Waals surface area contributed by atoms with E-state index in [0.717, 1.165) is 5.56 Å². The highest BCUT2D eigenvalue weighted by Gasteiger charge is 2.27. The number of halogens is 3. The highest BCUT2D eigenvalue weighted by atomic mass is 19.4. The lowest BCUT2D eigenvalue weighted by Crippen LogP contribution is -2.40. The molecule has 0 aliphatic heterocycles. The lowest BCUT2D eigenvalue weighted by molar-refractivity contribution is -0.176. The van der Waals surface area contributed by atoms with Crippen LogP contribution in [-0.4, -0.2) is 55.2 Å². The van der Waals surface area contributed by atoms with Crippen molar-refractivity contribution in [3.63, 3.8) is 0 Å². The molecule has 0 saturated heterocycles. The number of hydrogen-bond acceptors (Lipinski definition) is 5. The number of carbonyl (C=O) groups is 3. The number of nitrogens with one attached hydrogen (secondary N) is 1. The molecule has 0 aliphatic rings. The van der Waals surface area contributed by atoms with Crippen LogP contribution in [0.4, 0.5) is 18.9 Å². The molecule has 0 spiro atoms. The predicted molar refractivity (Wildman–Crippen MR) is 119 cm³/mol. The molecule has 34 heavy (non-hydrogen) atoms. The molecule has 2 rings (SSSR count). The number of rotatable bonds is 11. The van der Waals surface area contributed by atoms with Crippen molar-refractivity contribution < 1.29 is 37.0 Å². The van der Waals surface area contributed by atoms with Gasteiger partial charge in [-0.2, -0.15) is 13.2 Å². The summed E-state index contributed by atoms with van der Waals surface area (Å²) in [6.45, 7) is 1.65. The summed E-state index contributed by atoms with van der Waals surface area (Å²) in [5.41, 5.74) is 2.11. The molecule has 1 N–H and O–H groups in total. The van der Waals surface area contributed by atoms with E-state index in [1.807, 2.05) is 26.0 Å². The first kappa shape index (κ1) is 26.8. The minimum Gasteiger partial charge on any atom is -0.452 e. The molecule has 2 aromatic rings. The summed E-state index contributed by atoms with van der Waals surface area (Å²) in [6.07, 6.45) is -3.81. The molecule has 0 aliphatic carbocycles. The Bertz CT molecular complexity index is 977. The van der Waals surface area contributed by atoms with Crippen LogP contribution >= 0.6 is 0 Å². The van der Waals surface area contributed by atoms with Crippen LogP contribution < -0.4 is 5.32 Å². The fraction of sp³-hybridized carbons (Fsp3) is 0.375. The van der Waals surface area contributed by atoms with Crippen molar-refractivity contribution in [1.29, 1.82) is 0 Å². The van der Waals surface area contributed by atoms with Gasteiger partial charge in [-0.3, -0.25) is 9.59 Å². The van der Waals surface area contributed by atoms with E-state index >= 15 is 0 Å².